The summed E-state index contributed by atoms with van der Waals surface area (Å²) in [6.07, 6.45) is 10.2. The van der Waals surface area contributed by atoms with Crippen LogP contribution in [0.5, 0.6) is 0 Å². The standard InChI is InChI=1S/C23H17N5O/c1-3-6-17-7-5-8-18(14-17)26-22-20-15-19(9-10-21(20)24-16-25-22)28-13-12-27(11-4-2)23(28)29/h2,5,7-10,12-16H,11H2,1H3,(H,24,25,26). The maximum Gasteiger partial charge on any atom is 0.333 e. The second kappa shape index (κ2) is 7.75. The lowest BCUT2D eigenvalue weighted by molar-refractivity contribution is 0.774. The molecule has 2 aromatic carbocycles. The fourth-order valence-electron chi connectivity index (χ4n) is 3.08. The van der Waals surface area contributed by atoms with E-state index in [0.717, 1.165) is 22.2 Å². The van der Waals surface area contributed by atoms with E-state index < -0.39 is 0 Å². The third kappa shape index (κ3) is 3.60. The Kier molecular flexibility index (Phi) is 4.84. The van der Waals surface area contributed by atoms with Crippen LogP contribution in [0.3, 0.4) is 0 Å². The van der Waals surface area contributed by atoms with Crippen molar-refractivity contribution in [3.63, 3.8) is 0 Å². The van der Waals surface area contributed by atoms with Gasteiger partial charge < -0.3 is 5.32 Å². The van der Waals surface area contributed by atoms with Gasteiger partial charge in [-0.1, -0.05) is 17.9 Å². The van der Waals surface area contributed by atoms with Gasteiger partial charge in [-0.25, -0.2) is 14.8 Å². The summed E-state index contributed by atoms with van der Waals surface area (Å²) in [5, 5.41) is 4.13. The van der Waals surface area contributed by atoms with Gasteiger partial charge in [0.15, 0.2) is 0 Å². The Morgan fingerprint density at radius 2 is 2.03 bits per heavy atom. The highest BCUT2D eigenvalue weighted by molar-refractivity contribution is 5.92. The topological polar surface area (TPSA) is 64.7 Å². The van der Waals surface area contributed by atoms with Gasteiger partial charge in [-0.15, -0.1) is 12.3 Å². The molecule has 4 rings (SSSR count). The van der Waals surface area contributed by atoms with Gasteiger partial charge in [0.2, 0.25) is 0 Å². The van der Waals surface area contributed by atoms with Gasteiger partial charge in [0.25, 0.3) is 0 Å². The van der Waals surface area contributed by atoms with E-state index in [9.17, 15) is 4.79 Å². The van der Waals surface area contributed by atoms with Gasteiger partial charge in [0.1, 0.15) is 12.1 Å². The Morgan fingerprint density at radius 3 is 2.86 bits per heavy atom. The van der Waals surface area contributed by atoms with Gasteiger partial charge in [0, 0.05) is 29.0 Å². The predicted octanol–water partition coefficient (Wildman–Crippen LogP) is 3.33. The molecule has 29 heavy (non-hydrogen) atoms. The number of imidazole rings is 1. The Morgan fingerprint density at radius 1 is 1.14 bits per heavy atom. The molecular formula is C23H17N5O. The summed E-state index contributed by atoms with van der Waals surface area (Å²) >= 11 is 0. The number of nitrogens with zero attached hydrogens (tertiary/aromatic N) is 4. The second-order valence-electron chi connectivity index (χ2n) is 6.29. The van der Waals surface area contributed by atoms with Crippen molar-refractivity contribution >= 4 is 22.4 Å². The molecule has 0 atom stereocenters. The van der Waals surface area contributed by atoms with Crippen molar-refractivity contribution in [1.29, 1.82) is 0 Å². The molecule has 2 aromatic heterocycles. The second-order valence-corrected chi connectivity index (χ2v) is 6.29. The molecule has 0 radical (unpaired) electrons. The fourth-order valence-corrected chi connectivity index (χ4v) is 3.08. The number of terminal acetylenes is 1. The lowest BCUT2D eigenvalue weighted by Gasteiger charge is -2.10. The van der Waals surface area contributed by atoms with Crippen LogP contribution >= 0.6 is 0 Å². The van der Waals surface area contributed by atoms with Gasteiger partial charge in [-0.05, 0) is 43.3 Å². The molecule has 0 aliphatic rings. The van der Waals surface area contributed by atoms with E-state index in [-0.39, 0.29) is 12.2 Å². The average Bonchev–Trinajstić information content (AvgIpc) is 3.09. The average molecular weight is 379 g/mol. The van der Waals surface area contributed by atoms with Crippen molar-refractivity contribution in [3.05, 3.63) is 77.2 Å². The molecule has 0 fully saturated rings. The third-order valence-electron chi connectivity index (χ3n) is 4.40. The summed E-state index contributed by atoms with van der Waals surface area (Å²) in [5.74, 6) is 9.07. The number of aromatic nitrogens is 4. The predicted molar refractivity (Wildman–Crippen MR) is 114 cm³/mol. The summed E-state index contributed by atoms with van der Waals surface area (Å²) in [5.41, 5.74) is 3.07. The number of benzene rings is 2. The summed E-state index contributed by atoms with van der Waals surface area (Å²) < 4.78 is 3.02. The van der Waals surface area contributed by atoms with Gasteiger partial charge in [-0.2, -0.15) is 0 Å². The van der Waals surface area contributed by atoms with Crippen LogP contribution in [0.25, 0.3) is 16.6 Å². The lowest BCUT2D eigenvalue weighted by Crippen LogP contribution is -2.22. The fraction of sp³-hybridized carbons (Fsp3) is 0.0870. The van der Waals surface area contributed by atoms with Gasteiger partial charge >= 0.3 is 5.69 Å². The van der Waals surface area contributed by atoms with Crippen molar-refractivity contribution in [2.24, 2.45) is 0 Å². The monoisotopic (exact) mass is 379 g/mol. The molecule has 0 saturated carbocycles. The van der Waals surface area contributed by atoms with Crippen LogP contribution in [0.15, 0.2) is 66.0 Å². The van der Waals surface area contributed by atoms with Crippen LogP contribution in [0.2, 0.25) is 0 Å². The Bertz CT molecular complexity index is 1360. The maximum absolute atomic E-state index is 12.5. The maximum atomic E-state index is 12.5. The normalized spacial score (nSPS) is 10.2. The summed E-state index contributed by atoms with van der Waals surface area (Å²) in [6, 6.07) is 13.4. The number of nitrogens with one attached hydrogen (secondary N) is 1. The molecule has 6 heteroatoms. The van der Waals surface area contributed by atoms with E-state index in [4.69, 9.17) is 6.42 Å². The lowest BCUT2D eigenvalue weighted by atomic mass is 10.2. The zero-order chi connectivity index (χ0) is 20.2. The molecule has 0 saturated heterocycles. The van der Waals surface area contributed by atoms with Crippen molar-refractivity contribution in [3.8, 4) is 29.9 Å². The smallest absolute Gasteiger partial charge is 0.333 e. The highest BCUT2D eigenvalue weighted by Crippen LogP contribution is 2.25. The molecule has 4 aromatic rings. The quantitative estimate of drug-likeness (QED) is 0.553. The van der Waals surface area contributed by atoms with Gasteiger partial charge in [-0.3, -0.25) is 9.13 Å². The molecule has 0 aliphatic carbocycles. The molecule has 0 unspecified atom stereocenters. The number of fused-ring (bicyclic) bond motifs is 1. The molecule has 0 aliphatic heterocycles. The highest BCUT2D eigenvalue weighted by atomic mass is 16.1. The van der Waals surface area contributed by atoms with Crippen LogP contribution in [0.1, 0.15) is 12.5 Å². The molecular weight excluding hydrogens is 362 g/mol. The summed E-state index contributed by atoms with van der Waals surface area (Å²) in [7, 11) is 0. The highest BCUT2D eigenvalue weighted by Gasteiger charge is 2.09. The van der Waals surface area contributed by atoms with Crippen molar-refractivity contribution in [1.82, 2.24) is 19.1 Å². The minimum atomic E-state index is -0.195. The first kappa shape index (κ1) is 18.1. The van der Waals surface area contributed by atoms with Crippen LogP contribution in [-0.4, -0.2) is 19.1 Å². The zero-order valence-corrected chi connectivity index (χ0v) is 15.8. The summed E-state index contributed by atoms with van der Waals surface area (Å²) in [4.78, 5) is 21.3. The van der Waals surface area contributed by atoms with Crippen molar-refractivity contribution in [2.75, 3.05) is 5.32 Å². The van der Waals surface area contributed by atoms with Crippen LogP contribution in [0, 0.1) is 24.2 Å². The number of anilines is 2. The van der Waals surface area contributed by atoms with Gasteiger partial charge in [0.05, 0.1) is 17.7 Å². The largest absolute Gasteiger partial charge is 0.340 e. The van der Waals surface area contributed by atoms with Crippen molar-refractivity contribution < 1.29 is 0 Å². The van der Waals surface area contributed by atoms with E-state index >= 15 is 0 Å². The molecule has 6 nitrogen and oxygen atoms in total. The number of hydrogen-bond donors (Lipinski definition) is 1. The Balaban J connectivity index is 1.77. The Hall–Kier alpha value is -4.29. The van der Waals surface area contributed by atoms with E-state index in [1.54, 1.807) is 23.9 Å². The van der Waals surface area contributed by atoms with Crippen LogP contribution in [-0.2, 0) is 6.54 Å². The first-order chi connectivity index (χ1) is 14.2. The van der Waals surface area contributed by atoms with Crippen LogP contribution < -0.4 is 11.0 Å². The van der Waals surface area contributed by atoms with Crippen LogP contribution in [0.4, 0.5) is 11.5 Å². The molecule has 1 N–H and O–H groups in total. The molecule has 0 amide bonds. The summed E-state index contributed by atoms with van der Waals surface area (Å²) in [6.45, 7) is 2.03. The number of rotatable bonds is 4. The van der Waals surface area contributed by atoms with E-state index in [1.165, 1.54) is 10.9 Å². The number of hydrogen-bond acceptors (Lipinski definition) is 4. The zero-order valence-electron chi connectivity index (χ0n) is 15.8. The first-order valence-electron chi connectivity index (χ1n) is 8.96. The van der Waals surface area contributed by atoms with E-state index in [1.807, 2.05) is 42.5 Å². The first-order valence-corrected chi connectivity index (χ1v) is 8.96. The molecule has 140 valence electrons. The van der Waals surface area contributed by atoms with E-state index in [0.29, 0.717) is 11.5 Å². The third-order valence-corrected chi connectivity index (χ3v) is 4.40. The minimum absolute atomic E-state index is 0.195. The SMILES string of the molecule is C#CCn1ccn(-c2ccc3ncnc(Nc4cccc(C#CC)c4)c3c2)c1=O. The van der Waals surface area contributed by atoms with E-state index in [2.05, 4.69) is 33.0 Å². The van der Waals surface area contributed by atoms with Crippen molar-refractivity contribution in [2.45, 2.75) is 13.5 Å². The molecule has 0 spiro atoms. The molecule has 0 bridgehead atoms. The Labute approximate surface area is 167 Å². The molecule has 2 heterocycles. The minimum Gasteiger partial charge on any atom is -0.340 e.